The Morgan fingerprint density at radius 1 is 1.29 bits per heavy atom. The maximum Gasteiger partial charge on any atom is 0.454 e. The molecule has 0 aliphatic heterocycles. The number of carbonyl (C=O) groups excluding carboxylic acids is 1. The Morgan fingerprint density at radius 3 is 2.52 bits per heavy atom. The molecule has 0 spiro atoms. The number of aromatic nitrogens is 1. The smallest absolute Gasteiger partial charge is 0.386 e. The summed E-state index contributed by atoms with van der Waals surface area (Å²) in [6, 6.07) is 4.70. The molecule has 21 heavy (non-hydrogen) atoms. The van der Waals surface area contributed by atoms with E-state index in [-0.39, 0.29) is 5.39 Å². The Hall–Kier alpha value is -2.08. The molecule has 0 radical (unpaired) electrons. The van der Waals surface area contributed by atoms with E-state index >= 15 is 0 Å². The zero-order valence-electron chi connectivity index (χ0n) is 11.5. The first-order valence-corrected chi connectivity index (χ1v) is 6.23. The van der Waals surface area contributed by atoms with Gasteiger partial charge in [-0.15, -0.1) is 0 Å². The fourth-order valence-corrected chi connectivity index (χ4v) is 1.95. The van der Waals surface area contributed by atoms with Crippen LogP contribution in [-0.4, -0.2) is 27.7 Å². The largest absolute Gasteiger partial charge is 0.454 e. The van der Waals surface area contributed by atoms with Gasteiger partial charge in [-0.3, -0.25) is 4.79 Å². The molecule has 0 aliphatic rings. The number of hydrogen-bond acceptors (Lipinski definition) is 2. The maximum atomic E-state index is 12.5. The number of benzene rings is 1. The van der Waals surface area contributed by atoms with Gasteiger partial charge in [0, 0.05) is 11.6 Å². The van der Waals surface area contributed by atoms with Crippen LogP contribution < -0.4 is 0 Å². The van der Waals surface area contributed by atoms with Gasteiger partial charge in [-0.1, -0.05) is 30.4 Å². The molecule has 1 heterocycles. The number of carbonyl (C=O) groups is 1. The van der Waals surface area contributed by atoms with Crippen molar-refractivity contribution in [2.24, 2.45) is 0 Å². The number of aliphatic hydroxyl groups is 1. The van der Waals surface area contributed by atoms with E-state index in [9.17, 15) is 23.1 Å². The van der Waals surface area contributed by atoms with E-state index in [2.05, 4.69) is 4.98 Å². The summed E-state index contributed by atoms with van der Waals surface area (Å²) in [5, 5.41) is 9.86. The van der Waals surface area contributed by atoms with Gasteiger partial charge < -0.3 is 10.1 Å². The number of rotatable bonds is 3. The van der Waals surface area contributed by atoms with Crippen molar-refractivity contribution in [3.05, 3.63) is 41.6 Å². The minimum Gasteiger partial charge on any atom is -0.386 e. The summed E-state index contributed by atoms with van der Waals surface area (Å²) in [6.45, 7) is 3.16. The molecule has 6 heteroatoms. The number of para-hydroxylation sites is 1. The van der Waals surface area contributed by atoms with Crippen molar-refractivity contribution in [2.75, 3.05) is 0 Å². The Kier molecular flexibility index (Phi) is 3.67. The van der Waals surface area contributed by atoms with Crippen molar-refractivity contribution >= 4 is 22.8 Å². The van der Waals surface area contributed by atoms with Crippen molar-refractivity contribution in [3.8, 4) is 0 Å². The van der Waals surface area contributed by atoms with Gasteiger partial charge in [0.1, 0.15) is 0 Å². The molecule has 0 saturated carbocycles. The zero-order valence-corrected chi connectivity index (χ0v) is 11.5. The lowest BCUT2D eigenvalue weighted by atomic mass is 10.0. The summed E-state index contributed by atoms with van der Waals surface area (Å²) in [7, 11) is 0. The fraction of sp³-hybridized carbons (Fsp3) is 0.267. The third-order valence-electron chi connectivity index (χ3n) is 2.92. The molecule has 0 saturated heterocycles. The molecule has 1 aromatic carbocycles. The molecule has 112 valence electrons. The summed E-state index contributed by atoms with van der Waals surface area (Å²) >= 11 is 0. The van der Waals surface area contributed by atoms with Gasteiger partial charge >= 0.3 is 6.18 Å². The van der Waals surface area contributed by atoms with E-state index in [1.54, 1.807) is 32.1 Å². The topological polar surface area (TPSA) is 53.1 Å². The predicted octanol–water partition coefficient (Wildman–Crippen LogP) is 3.70. The molecule has 0 atom stereocenters. The van der Waals surface area contributed by atoms with Gasteiger partial charge in [-0.25, -0.2) is 0 Å². The first kappa shape index (κ1) is 15.3. The highest BCUT2D eigenvalue weighted by Gasteiger charge is 2.40. The number of alkyl halides is 3. The van der Waals surface area contributed by atoms with Crippen LogP contribution in [0, 0.1) is 0 Å². The van der Waals surface area contributed by atoms with Crippen molar-refractivity contribution in [2.45, 2.75) is 25.6 Å². The van der Waals surface area contributed by atoms with Gasteiger partial charge in [-0.2, -0.15) is 13.2 Å². The molecule has 2 aromatic rings. The first-order chi connectivity index (χ1) is 9.59. The molecule has 0 unspecified atom stereocenters. The highest BCUT2D eigenvalue weighted by molar-refractivity contribution is 6.11. The van der Waals surface area contributed by atoms with Crippen LogP contribution in [0.1, 0.15) is 29.8 Å². The second-order valence-electron chi connectivity index (χ2n) is 5.29. The standard InChI is InChI=1S/C15H14F3NO2/c1-14(2,21)7-6-9-4-3-5-10-11(8-19-12(9)10)13(20)15(16,17)18/h3-8,19,21H,1-2H3/b7-6+. The second-order valence-corrected chi connectivity index (χ2v) is 5.29. The number of halogens is 3. The third kappa shape index (κ3) is 3.33. The van der Waals surface area contributed by atoms with Gasteiger partial charge in [0.15, 0.2) is 0 Å². The number of hydrogen-bond donors (Lipinski definition) is 2. The number of fused-ring (bicyclic) bond motifs is 1. The Labute approximate surface area is 119 Å². The average Bonchev–Trinajstić information content (AvgIpc) is 2.77. The SMILES string of the molecule is CC(C)(O)/C=C/c1cccc2c(C(=O)C(F)(F)F)c[nH]c12. The normalized spacial score (nSPS) is 13.2. The summed E-state index contributed by atoms with van der Waals surface area (Å²) in [5.74, 6) is -1.88. The van der Waals surface area contributed by atoms with E-state index in [4.69, 9.17) is 0 Å². The lowest BCUT2D eigenvalue weighted by Crippen LogP contribution is -2.22. The summed E-state index contributed by atoms with van der Waals surface area (Å²) < 4.78 is 37.6. The van der Waals surface area contributed by atoms with E-state index in [0.29, 0.717) is 11.1 Å². The zero-order chi connectivity index (χ0) is 15.8. The monoisotopic (exact) mass is 297 g/mol. The Balaban J connectivity index is 2.52. The summed E-state index contributed by atoms with van der Waals surface area (Å²) in [4.78, 5) is 14.1. The van der Waals surface area contributed by atoms with Crippen molar-refractivity contribution in [1.29, 1.82) is 0 Å². The first-order valence-electron chi connectivity index (χ1n) is 6.23. The van der Waals surface area contributed by atoms with Crippen molar-refractivity contribution in [1.82, 2.24) is 4.98 Å². The molecule has 0 amide bonds. The van der Waals surface area contributed by atoms with Gasteiger partial charge in [0.25, 0.3) is 5.78 Å². The van der Waals surface area contributed by atoms with Crippen LogP contribution in [0.15, 0.2) is 30.5 Å². The summed E-state index contributed by atoms with van der Waals surface area (Å²) in [6.07, 6.45) is -0.732. The number of ketones is 1. The van der Waals surface area contributed by atoms with Crippen LogP contribution in [0.5, 0.6) is 0 Å². The highest BCUT2D eigenvalue weighted by Crippen LogP contribution is 2.29. The molecule has 3 nitrogen and oxygen atoms in total. The number of aromatic amines is 1. The Bertz CT molecular complexity index is 706. The Morgan fingerprint density at radius 2 is 1.95 bits per heavy atom. The third-order valence-corrected chi connectivity index (χ3v) is 2.92. The van der Waals surface area contributed by atoms with Crippen LogP contribution in [0.2, 0.25) is 0 Å². The van der Waals surface area contributed by atoms with Crippen LogP contribution in [0.25, 0.3) is 17.0 Å². The number of H-pyrrole nitrogens is 1. The van der Waals surface area contributed by atoms with E-state index in [0.717, 1.165) is 6.20 Å². The van der Waals surface area contributed by atoms with Gasteiger partial charge in [0.05, 0.1) is 16.7 Å². The van der Waals surface area contributed by atoms with Crippen molar-refractivity contribution in [3.63, 3.8) is 0 Å². The van der Waals surface area contributed by atoms with E-state index in [1.165, 1.54) is 12.1 Å². The molecule has 0 aliphatic carbocycles. The van der Waals surface area contributed by atoms with Crippen LogP contribution in [-0.2, 0) is 0 Å². The van der Waals surface area contributed by atoms with E-state index in [1.807, 2.05) is 0 Å². The average molecular weight is 297 g/mol. The van der Waals surface area contributed by atoms with Crippen LogP contribution in [0.4, 0.5) is 13.2 Å². The molecule has 1 aromatic heterocycles. The minimum absolute atomic E-state index is 0.204. The number of nitrogens with one attached hydrogen (secondary N) is 1. The quantitative estimate of drug-likeness (QED) is 0.849. The fourth-order valence-electron chi connectivity index (χ4n) is 1.95. The molecule has 2 rings (SSSR count). The van der Waals surface area contributed by atoms with Crippen LogP contribution in [0.3, 0.4) is 0 Å². The molecule has 0 fully saturated rings. The van der Waals surface area contributed by atoms with Gasteiger partial charge in [0.2, 0.25) is 0 Å². The summed E-state index contributed by atoms with van der Waals surface area (Å²) in [5.41, 5.74) is -0.434. The molecular formula is C15H14F3NO2. The lowest BCUT2D eigenvalue weighted by molar-refractivity contribution is -0.0884. The van der Waals surface area contributed by atoms with Crippen LogP contribution >= 0.6 is 0 Å². The highest BCUT2D eigenvalue weighted by atomic mass is 19.4. The second kappa shape index (κ2) is 5.04. The molecule has 0 bridgehead atoms. The maximum absolute atomic E-state index is 12.5. The van der Waals surface area contributed by atoms with E-state index < -0.39 is 23.1 Å². The van der Waals surface area contributed by atoms with Crippen molar-refractivity contribution < 1.29 is 23.1 Å². The van der Waals surface area contributed by atoms with Gasteiger partial charge in [-0.05, 0) is 19.4 Å². The molecular weight excluding hydrogens is 283 g/mol. The lowest BCUT2D eigenvalue weighted by Gasteiger charge is -2.10. The molecule has 2 N–H and O–H groups in total. The number of Topliss-reactive ketones (excluding diaryl/α,β-unsaturated/α-hetero) is 1. The predicted molar refractivity (Wildman–Crippen MR) is 74.0 cm³/mol. The minimum atomic E-state index is -4.91.